The highest BCUT2D eigenvalue weighted by Gasteiger charge is 2.19. The summed E-state index contributed by atoms with van der Waals surface area (Å²) in [7, 11) is 0. The molecule has 0 aliphatic carbocycles. The lowest BCUT2D eigenvalue weighted by Crippen LogP contribution is -2.34. The van der Waals surface area contributed by atoms with Crippen LogP contribution in [0.25, 0.3) is 17.1 Å². The Morgan fingerprint density at radius 2 is 2.09 bits per heavy atom. The Morgan fingerprint density at radius 3 is 2.96 bits per heavy atom. The Morgan fingerprint density at radius 1 is 1.22 bits per heavy atom. The number of nitriles is 1. The molecule has 4 rings (SSSR count). The van der Waals surface area contributed by atoms with Crippen LogP contribution in [-0.4, -0.2) is 15.9 Å². The number of para-hydroxylation sites is 1. The van der Waals surface area contributed by atoms with Gasteiger partial charge in [0.1, 0.15) is 11.6 Å². The number of benzene rings is 1. The molecule has 0 saturated carbocycles. The van der Waals surface area contributed by atoms with E-state index in [1.807, 2.05) is 42.5 Å². The van der Waals surface area contributed by atoms with Crippen molar-refractivity contribution in [3.05, 3.63) is 64.4 Å². The zero-order valence-corrected chi connectivity index (χ0v) is 12.2. The van der Waals surface area contributed by atoms with Gasteiger partial charge in [-0.05, 0) is 23.4 Å². The number of amides is 1. The van der Waals surface area contributed by atoms with Gasteiger partial charge in [-0.2, -0.15) is 5.26 Å². The molecule has 1 aliphatic heterocycles. The predicted octanol–water partition coefficient (Wildman–Crippen LogP) is 1.23. The normalized spacial score (nSPS) is 16.3. The Kier molecular flexibility index (Phi) is 3.02. The fourth-order valence-electron chi connectivity index (χ4n) is 2.83. The van der Waals surface area contributed by atoms with Gasteiger partial charge >= 0.3 is 0 Å². The fraction of sp³-hybridized carbons (Fsp3) is 0.111. The van der Waals surface area contributed by atoms with Gasteiger partial charge in [0.05, 0.1) is 22.4 Å². The molecular formula is C18H12N4O. The topological polar surface area (TPSA) is 81.9 Å². The second-order valence-electron chi connectivity index (χ2n) is 5.50. The third-order valence-electron chi connectivity index (χ3n) is 3.99. The second kappa shape index (κ2) is 5.18. The molecule has 5 heteroatoms. The molecule has 0 radical (unpaired) electrons. The quantitative estimate of drug-likeness (QED) is 0.773. The summed E-state index contributed by atoms with van der Waals surface area (Å²) in [6.45, 7) is 0. The van der Waals surface area contributed by atoms with Crippen molar-refractivity contribution in [3.8, 4) is 6.07 Å². The van der Waals surface area contributed by atoms with Crippen molar-refractivity contribution in [2.45, 2.75) is 6.42 Å². The van der Waals surface area contributed by atoms with Crippen LogP contribution in [0.15, 0.2) is 47.6 Å². The maximum atomic E-state index is 12.2. The van der Waals surface area contributed by atoms with Crippen molar-refractivity contribution in [2.24, 2.45) is 10.9 Å². The lowest BCUT2D eigenvalue weighted by atomic mass is 9.98. The molecule has 0 saturated heterocycles. The SMILES string of the molecule is N#Cc1c[nH]c2ccc(CC3C=c4ccccc4=NC3=O)nc12. The molecule has 5 nitrogen and oxygen atoms in total. The molecule has 1 aliphatic rings. The van der Waals surface area contributed by atoms with Crippen molar-refractivity contribution in [1.82, 2.24) is 9.97 Å². The monoisotopic (exact) mass is 300 g/mol. The zero-order chi connectivity index (χ0) is 15.8. The molecule has 0 fully saturated rings. The smallest absolute Gasteiger partial charge is 0.253 e. The minimum atomic E-state index is -0.320. The van der Waals surface area contributed by atoms with E-state index in [0.29, 0.717) is 17.5 Å². The van der Waals surface area contributed by atoms with Gasteiger partial charge in [-0.25, -0.2) is 9.98 Å². The van der Waals surface area contributed by atoms with E-state index in [4.69, 9.17) is 5.26 Å². The first kappa shape index (κ1) is 13.4. The minimum absolute atomic E-state index is 0.153. The van der Waals surface area contributed by atoms with Crippen LogP contribution in [0.5, 0.6) is 0 Å². The van der Waals surface area contributed by atoms with E-state index < -0.39 is 0 Å². The van der Waals surface area contributed by atoms with Crippen LogP contribution in [0.3, 0.4) is 0 Å². The number of aromatic amines is 1. The summed E-state index contributed by atoms with van der Waals surface area (Å²) in [6.07, 6.45) is 4.06. The zero-order valence-electron chi connectivity index (χ0n) is 12.2. The minimum Gasteiger partial charge on any atom is -0.359 e. The molecule has 3 aromatic rings. The molecule has 0 spiro atoms. The summed E-state index contributed by atoms with van der Waals surface area (Å²) in [4.78, 5) is 23.9. The standard InChI is InChI=1S/C18H12N4O/c19-9-13-10-20-16-6-5-14(21-17(13)16)8-12-7-11-3-1-2-4-15(11)22-18(12)23/h1-7,10,12,20H,8H2. The number of H-pyrrole nitrogens is 1. The summed E-state index contributed by atoms with van der Waals surface area (Å²) in [5.74, 6) is -0.473. The summed E-state index contributed by atoms with van der Waals surface area (Å²) in [5, 5.41) is 10.8. The number of fused-ring (bicyclic) bond motifs is 2. The van der Waals surface area contributed by atoms with Gasteiger partial charge in [-0.3, -0.25) is 4.79 Å². The van der Waals surface area contributed by atoms with Crippen LogP contribution in [0, 0.1) is 17.2 Å². The summed E-state index contributed by atoms with van der Waals surface area (Å²) in [6, 6.07) is 13.5. The lowest BCUT2D eigenvalue weighted by molar-refractivity contribution is -0.120. The molecule has 1 unspecified atom stereocenters. The molecule has 0 bridgehead atoms. The van der Waals surface area contributed by atoms with Gasteiger partial charge in [0.25, 0.3) is 5.91 Å². The second-order valence-corrected chi connectivity index (χ2v) is 5.50. The molecule has 1 aromatic carbocycles. The van der Waals surface area contributed by atoms with E-state index in [1.165, 1.54) is 0 Å². The van der Waals surface area contributed by atoms with E-state index in [0.717, 1.165) is 21.8 Å². The number of pyridine rings is 1. The molecular weight excluding hydrogens is 288 g/mol. The number of nitrogens with one attached hydrogen (secondary N) is 1. The van der Waals surface area contributed by atoms with Crippen molar-refractivity contribution in [2.75, 3.05) is 0 Å². The van der Waals surface area contributed by atoms with Gasteiger partial charge in [0, 0.05) is 18.3 Å². The average molecular weight is 300 g/mol. The highest BCUT2D eigenvalue weighted by atomic mass is 16.1. The highest BCUT2D eigenvalue weighted by molar-refractivity contribution is 5.86. The molecule has 3 heterocycles. The van der Waals surface area contributed by atoms with Crippen LogP contribution in [0.4, 0.5) is 0 Å². The maximum absolute atomic E-state index is 12.2. The Balaban J connectivity index is 1.72. The molecule has 1 N–H and O–H groups in total. The highest BCUT2D eigenvalue weighted by Crippen LogP contribution is 2.18. The first-order valence-electron chi connectivity index (χ1n) is 7.31. The average Bonchev–Trinajstić information content (AvgIpc) is 2.98. The van der Waals surface area contributed by atoms with Crippen molar-refractivity contribution in [1.29, 1.82) is 5.26 Å². The van der Waals surface area contributed by atoms with E-state index in [1.54, 1.807) is 6.20 Å². The van der Waals surface area contributed by atoms with E-state index in [2.05, 4.69) is 21.0 Å². The van der Waals surface area contributed by atoms with Gasteiger partial charge in [-0.1, -0.05) is 24.3 Å². The Bertz CT molecular complexity index is 1090. The van der Waals surface area contributed by atoms with Crippen LogP contribution >= 0.6 is 0 Å². The molecule has 23 heavy (non-hydrogen) atoms. The summed E-state index contributed by atoms with van der Waals surface area (Å²) >= 11 is 0. The number of rotatable bonds is 2. The number of nitrogens with zero attached hydrogens (tertiary/aromatic N) is 3. The summed E-state index contributed by atoms with van der Waals surface area (Å²) in [5.41, 5.74) is 2.75. The largest absolute Gasteiger partial charge is 0.359 e. The lowest BCUT2D eigenvalue weighted by Gasteiger charge is -2.11. The van der Waals surface area contributed by atoms with E-state index in [-0.39, 0.29) is 11.8 Å². The van der Waals surface area contributed by atoms with Crippen molar-refractivity contribution < 1.29 is 4.79 Å². The van der Waals surface area contributed by atoms with Crippen LogP contribution < -0.4 is 10.6 Å². The van der Waals surface area contributed by atoms with Crippen LogP contribution in [0.2, 0.25) is 0 Å². The van der Waals surface area contributed by atoms with Crippen LogP contribution in [-0.2, 0) is 11.2 Å². The van der Waals surface area contributed by atoms with Crippen LogP contribution in [0.1, 0.15) is 11.3 Å². The Labute approximate surface area is 131 Å². The van der Waals surface area contributed by atoms with E-state index >= 15 is 0 Å². The maximum Gasteiger partial charge on any atom is 0.253 e. The first-order chi connectivity index (χ1) is 11.2. The van der Waals surface area contributed by atoms with Crippen molar-refractivity contribution >= 4 is 23.0 Å². The third kappa shape index (κ3) is 2.30. The number of aromatic nitrogens is 2. The predicted molar refractivity (Wildman–Crippen MR) is 84.7 cm³/mol. The van der Waals surface area contributed by atoms with Gasteiger partial charge in [0.2, 0.25) is 0 Å². The first-order valence-corrected chi connectivity index (χ1v) is 7.31. The number of carbonyl (C=O) groups is 1. The molecule has 2 aromatic heterocycles. The molecule has 1 atom stereocenters. The van der Waals surface area contributed by atoms with E-state index in [9.17, 15) is 4.79 Å². The van der Waals surface area contributed by atoms with Crippen molar-refractivity contribution in [3.63, 3.8) is 0 Å². The van der Waals surface area contributed by atoms with Gasteiger partial charge < -0.3 is 4.98 Å². The fourth-order valence-corrected chi connectivity index (χ4v) is 2.83. The Hall–Kier alpha value is -3.26. The molecule has 110 valence electrons. The number of hydrogen-bond donors (Lipinski definition) is 1. The van der Waals surface area contributed by atoms with Gasteiger partial charge in [0.15, 0.2) is 0 Å². The summed E-state index contributed by atoms with van der Waals surface area (Å²) < 4.78 is 0. The number of carbonyl (C=O) groups excluding carboxylic acids is 1. The molecule has 1 amide bonds. The number of hydrogen-bond acceptors (Lipinski definition) is 3. The third-order valence-corrected chi connectivity index (χ3v) is 3.99. The van der Waals surface area contributed by atoms with Gasteiger partial charge in [-0.15, -0.1) is 0 Å².